The van der Waals surface area contributed by atoms with Crippen LogP contribution in [-0.4, -0.2) is 41.3 Å². The summed E-state index contributed by atoms with van der Waals surface area (Å²) >= 11 is 0. The highest BCUT2D eigenvalue weighted by Crippen LogP contribution is 2.33. The standard InChI is InChI=1S/C21H21N3O5/c1-27-17-10-15-8-9-23(12-16(15)11-18(17)28-2)19(25)13-24-20(22-29-21(24)26)14-6-4-3-5-7-14/h3-7,10-11H,8-9,12-13H2,1-2H3. The average Bonchev–Trinajstić information content (AvgIpc) is 3.12. The van der Waals surface area contributed by atoms with Gasteiger partial charge in [0.15, 0.2) is 17.3 Å². The molecule has 29 heavy (non-hydrogen) atoms. The highest BCUT2D eigenvalue weighted by Gasteiger charge is 2.25. The van der Waals surface area contributed by atoms with E-state index < -0.39 is 5.76 Å². The van der Waals surface area contributed by atoms with Gasteiger partial charge in [-0.05, 0) is 29.7 Å². The highest BCUT2D eigenvalue weighted by molar-refractivity contribution is 5.77. The number of hydrogen-bond donors (Lipinski definition) is 0. The first kappa shape index (κ1) is 18.8. The van der Waals surface area contributed by atoms with E-state index in [4.69, 9.17) is 14.0 Å². The zero-order valence-corrected chi connectivity index (χ0v) is 16.3. The number of aromatic nitrogens is 2. The molecule has 3 aromatic rings. The normalized spacial score (nSPS) is 13.1. The summed E-state index contributed by atoms with van der Waals surface area (Å²) in [6.07, 6.45) is 0.700. The van der Waals surface area contributed by atoms with E-state index in [2.05, 4.69) is 5.16 Å². The van der Waals surface area contributed by atoms with Gasteiger partial charge in [-0.15, -0.1) is 0 Å². The Morgan fingerprint density at radius 2 is 1.79 bits per heavy atom. The van der Waals surface area contributed by atoms with Crippen molar-refractivity contribution in [2.45, 2.75) is 19.5 Å². The van der Waals surface area contributed by atoms with Crippen LogP contribution in [0.1, 0.15) is 11.1 Å². The Balaban J connectivity index is 1.56. The number of carbonyl (C=O) groups is 1. The van der Waals surface area contributed by atoms with Crippen molar-refractivity contribution >= 4 is 5.91 Å². The molecule has 2 heterocycles. The van der Waals surface area contributed by atoms with Gasteiger partial charge < -0.3 is 14.4 Å². The van der Waals surface area contributed by atoms with Crippen LogP contribution in [0.4, 0.5) is 0 Å². The topological polar surface area (TPSA) is 86.8 Å². The second-order valence-electron chi connectivity index (χ2n) is 6.77. The fourth-order valence-electron chi connectivity index (χ4n) is 3.53. The second kappa shape index (κ2) is 7.83. The van der Waals surface area contributed by atoms with Crippen LogP contribution in [0.15, 0.2) is 51.8 Å². The van der Waals surface area contributed by atoms with Crippen LogP contribution in [0.25, 0.3) is 11.4 Å². The van der Waals surface area contributed by atoms with Crippen molar-refractivity contribution in [1.82, 2.24) is 14.6 Å². The van der Waals surface area contributed by atoms with Gasteiger partial charge in [0, 0.05) is 18.7 Å². The van der Waals surface area contributed by atoms with Gasteiger partial charge in [0.05, 0.1) is 14.2 Å². The molecule has 8 heteroatoms. The number of hydrogen-bond acceptors (Lipinski definition) is 6. The Bertz CT molecular complexity index is 1090. The molecular weight excluding hydrogens is 374 g/mol. The molecule has 0 bridgehead atoms. The summed E-state index contributed by atoms with van der Waals surface area (Å²) in [5, 5.41) is 3.84. The van der Waals surface area contributed by atoms with Gasteiger partial charge in [-0.2, -0.15) is 0 Å². The summed E-state index contributed by atoms with van der Waals surface area (Å²) in [7, 11) is 3.18. The monoisotopic (exact) mass is 395 g/mol. The third-order valence-corrected chi connectivity index (χ3v) is 5.08. The van der Waals surface area contributed by atoms with Crippen LogP contribution >= 0.6 is 0 Å². The number of amides is 1. The minimum Gasteiger partial charge on any atom is -0.493 e. The van der Waals surface area contributed by atoms with Crippen LogP contribution in [0.3, 0.4) is 0 Å². The molecule has 2 aromatic carbocycles. The molecule has 8 nitrogen and oxygen atoms in total. The Kier molecular flexibility index (Phi) is 5.07. The SMILES string of the molecule is COc1cc2c(cc1OC)CN(C(=O)Cn1c(-c3ccccc3)noc1=O)CC2. The number of methoxy groups -OCH3 is 2. The molecule has 1 aromatic heterocycles. The summed E-state index contributed by atoms with van der Waals surface area (Å²) in [6.45, 7) is 0.867. The van der Waals surface area contributed by atoms with E-state index in [1.807, 2.05) is 42.5 Å². The molecule has 0 atom stereocenters. The van der Waals surface area contributed by atoms with Crippen LogP contribution in [0.2, 0.25) is 0 Å². The highest BCUT2D eigenvalue weighted by atomic mass is 16.5. The van der Waals surface area contributed by atoms with E-state index in [0.29, 0.717) is 42.4 Å². The van der Waals surface area contributed by atoms with E-state index in [1.165, 1.54) is 4.57 Å². The lowest BCUT2D eigenvalue weighted by molar-refractivity contribution is -0.132. The molecule has 0 aliphatic carbocycles. The lowest BCUT2D eigenvalue weighted by Crippen LogP contribution is -2.39. The zero-order chi connectivity index (χ0) is 20.4. The number of fused-ring (bicyclic) bond motifs is 1. The predicted octanol–water partition coefficient (Wildman–Crippen LogP) is 2.11. The minimum absolute atomic E-state index is 0.130. The summed E-state index contributed by atoms with van der Waals surface area (Å²) in [4.78, 5) is 26.8. The van der Waals surface area contributed by atoms with Gasteiger partial charge in [-0.25, -0.2) is 9.36 Å². The fraction of sp³-hybridized carbons (Fsp3) is 0.286. The molecule has 1 amide bonds. The molecule has 0 unspecified atom stereocenters. The van der Waals surface area contributed by atoms with Gasteiger partial charge in [0.2, 0.25) is 5.91 Å². The summed E-state index contributed by atoms with van der Waals surface area (Å²) in [5.74, 6) is 0.818. The Morgan fingerprint density at radius 1 is 1.10 bits per heavy atom. The quantitative estimate of drug-likeness (QED) is 0.658. The molecule has 150 valence electrons. The van der Waals surface area contributed by atoms with Gasteiger partial charge in [0.1, 0.15) is 6.54 Å². The van der Waals surface area contributed by atoms with Crippen molar-refractivity contribution in [2.75, 3.05) is 20.8 Å². The number of rotatable bonds is 5. The maximum atomic E-state index is 12.9. The van der Waals surface area contributed by atoms with Crippen molar-refractivity contribution in [3.63, 3.8) is 0 Å². The van der Waals surface area contributed by atoms with Gasteiger partial charge >= 0.3 is 5.76 Å². The maximum Gasteiger partial charge on any atom is 0.442 e. The van der Waals surface area contributed by atoms with E-state index in [9.17, 15) is 9.59 Å². The lowest BCUT2D eigenvalue weighted by atomic mass is 9.98. The van der Waals surface area contributed by atoms with Crippen LogP contribution < -0.4 is 15.2 Å². The second-order valence-corrected chi connectivity index (χ2v) is 6.77. The molecule has 0 radical (unpaired) electrons. The van der Waals surface area contributed by atoms with Crippen molar-refractivity contribution in [1.29, 1.82) is 0 Å². The molecule has 0 fully saturated rings. The number of ether oxygens (including phenoxy) is 2. The Labute approximate surface area is 167 Å². The summed E-state index contributed by atoms with van der Waals surface area (Å²) in [6, 6.07) is 13.0. The predicted molar refractivity (Wildman–Crippen MR) is 105 cm³/mol. The van der Waals surface area contributed by atoms with Crippen LogP contribution in [0.5, 0.6) is 11.5 Å². The first-order valence-electron chi connectivity index (χ1n) is 9.24. The first-order valence-corrected chi connectivity index (χ1v) is 9.24. The van der Waals surface area contributed by atoms with E-state index in [1.54, 1.807) is 19.1 Å². The molecule has 1 aliphatic rings. The van der Waals surface area contributed by atoms with E-state index >= 15 is 0 Å². The molecule has 0 spiro atoms. The molecule has 0 saturated heterocycles. The number of benzene rings is 2. The van der Waals surface area contributed by atoms with Crippen LogP contribution in [0, 0.1) is 0 Å². The minimum atomic E-state index is -0.652. The maximum absolute atomic E-state index is 12.9. The molecule has 4 rings (SSSR count). The van der Waals surface area contributed by atoms with Crippen molar-refractivity contribution in [2.24, 2.45) is 0 Å². The van der Waals surface area contributed by atoms with E-state index in [-0.39, 0.29) is 12.5 Å². The average molecular weight is 395 g/mol. The van der Waals surface area contributed by atoms with Crippen LogP contribution in [-0.2, 0) is 24.3 Å². The smallest absolute Gasteiger partial charge is 0.442 e. The summed E-state index contributed by atoms with van der Waals surface area (Å²) < 4.78 is 16.8. The van der Waals surface area contributed by atoms with Crippen molar-refractivity contribution in [3.05, 3.63) is 64.1 Å². The zero-order valence-electron chi connectivity index (χ0n) is 16.3. The van der Waals surface area contributed by atoms with Crippen molar-refractivity contribution < 1.29 is 18.8 Å². The first-order chi connectivity index (χ1) is 14.1. The Hall–Kier alpha value is -3.55. The van der Waals surface area contributed by atoms with Gasteiger partial charge in [-0.3, -0.25) is 9.32 Å². The molecular formula is C21H21N3O5. The number of nitrogens with zero attached hydrogens (tertiary/aromatic N) is 3. The van der Waals surface area contributed by atoms with Crippen molar-refractivity contribution in [3.8, 4) is 22.9 Å². The number of carbonyl (C=O) groups excluding carboxylic acids is 1. The summed E-state index contributed by atoms with van der Waals surface area (Å²) in [5.41, 5.74) is 2.84. The molecule has 0 saturated carbocycles. The van der Waals surface area contributed by atoms with Gasteiger partial charge in [0.25, 0.3) is 0 Å². The Morgan fingerprint density at radius 3 is 2.48 bits per heavy atom. The largest absolute Gasteiger partial charge is 0.493 e. The third kappa shape index (κ3) is 3.61. The lowest BCUT2D eigenvalue weighted by Gasteiger charge is -2.29. The molecule has 0 N–H and O–H groups in total. The molecule has 1 aliphatic heterocycles. The van der Waals surface area contributed by atoms with Gasteiger partial charge in [-0.1, -0.05) is 35.5 Å². The fourth-order valence-corrected chi connectivity index (χ4v) is 3.53. The van der Waals surface area contributed by atoms with E-state index in [0.717, 1.165) is 11.1 Å². The third-order valence-electron chi connectivity index (χ3n) is 5.08.